The summed E-state index contributed by atoms with van der Waals surface area (Å²) < 4.78 is 10.8. The molecule has 8 heteroatoms. The second kappa shape index (κ2) is 11.7. The van der Waals surface area contributed by atoms with Crippen molar-refractivity contribution in [1.82, 2.24) is 10.6 Å². The standard InChI is InChI=1S/C28H31N3O5/c1-19-12-13-23(20(2)16-19)31(25(32)18-30-27(33)24-11-7-15-36-24)26(21-8-4-3-5-9-21)28(34)29-17-22-10-6-14-35-22/h3-5,7-9,11-13,15-16,22,26H,6,10,14,17-18H2,1-2H3,(H,29,34)(H,30,33)/t22-,26+/m1/s1. The zero-order chi connectivity index (χ0) is 25.5. The van der Waals surface area contributed by atoms with Gasteiger partial charge < -0.3 is 19.8 Å². The Morgan fingerprint density at radius 2 is 1.83 bits per heavy atom. The summed E-state index contributed by atoms with van der Waals surface area (Å²) in [5.41, 5.74) is 3.13. The molecule has 0 bridgehead atoms. The fourth-order valence-corrected chi connectivity index (χ4v) is 4.40. The topological polar surface area (TPSA) is 101 Å². The van der Waals surface area contributed by atoms with Crippen molar-refractivity contribution in [2.75, 3.05) is 24.6 Å². The Morgan fingerprint density at radius 1 is 1.03 bits per heavy atom. The zero-order valence-electron chi connectivity index (χ0n) is 20.5. The molecule has 3 amide bonds. The van der Waals surface area contributed by atoms with Gasteiger partial charge in [-0.15, -0.1) is 0 Å². The molecule has 0 radical (unpaired) electrons. The van der Waals surface area contributed by atoms with Crippen LogP contribution in [0.1, 0.15) is 46.1 Å². The first-order chi connectivity index (χ1) is 17.4. The maximum Gasteiger partial charge on any atom is 0.287 e. The molecule has 188 valence electrons. The van der Waals surface area contributed by atoms with E-state index in [4.69, 9.17) is 9.15 Å². The van der Waals surface area contributed by atoms with Gasteiger partial charge in [-0.1, -0.05) is 48.0 Å². The molecule has 36 heavy (non-hydrogen) atoms. The van der Waals surface area contributed by atoms with Gasteiger partial charge in [0.15, 0.2) is 5.76 Å². The van der Waals surface area contributed by atoms with E-state index in [-0.39, 0.29) is 24.3 Å². The molecule has 0 unspecified atom stereocenters. The van der Waals surface area contributed by atoms with Crippen molar-refractivity contribution in [3.05, 3.63) is 89.4 Å². The molecule has 2 N–H and O–H groups in total. The number of benzene rings is 2. The summed E-state index contributed by atoms with van der Waals surface area (Å²) in [6.45, 7) is 4.61. The van der Waals surface area contributed by atoms with E-state index in [9.17, 15) is 14.4 Å². The molecular weight excluding hydrogens is 458 g/mol. The van der Waals surface area contributed by atoms with E-state index in [0.29, 0.717) is 24.4 Å². The van der Waals surface area contributed by atoms with Gasteiger partial charge in [-0.3, -0.25) is 19.3 Å². The van der Waals surface area contributed by atoms with Gasteiger partial charge in [-0.25, -0.2) is 0 Å². The minimum absolute atomic E-state index is 0.0387. The SMILES string of the molecule is Cc1ccc(N(C(=O)CNC(=O)c2ccco2)[C@H](C(=O)NC[C@H]2CCCO2)c2ccccc2)c(C)c1. The number of nitrogens with one attached hydrogen (secondary N) is 2. The second-order valence-corrected chi connectivity index (χ2v) is 8.91. The van der Waals surface area contributed by atoms with Gasteiger partial charge in [-0.2, -0.15) is 0 Å². The van der Waals surface area contributed by atoms with E-state index in [1.54, 1.807) is 6.07 Å². The van der Waals surface area contributed by atoms with Gasteiger partial charge in [0.2, 0.25) is 11.8 Å². The van der Waals surface area contributed by atoms with Gasteiger partial charge >= 0.3 is 0 Å². The Kier molecular flexibility index (Phi) is 8.17. The van der Waals surface area contributed by atoms with Crippen LogP contribution in [0.25, 0.3) is 0 Å². The molecule has 3 aromatic rings. The highest BCUT2D eigenvalue weighted by Gasteiger charge is 2.34. The molecule has 2 atom stereocenters. The summed E-state index contributed by atoms with van der Waals surface area (Å²) in [6, 6.07) is 17.0. The summed E-state index contributed by atoms with van der Waals surface area (Å²) in [5.74, 6) is -1.15. The second-order valence-electron chi connectivity index (χ2n) is 8.91. The van der Waals surface area contributed by atoms with Gasteiger partial charge in [0.1, 0.15) is 6.04 Å². The van der Waals surface area contributed by atoms with Crippen LogP contribution in [0.5, 0.6) is 0 Å². The summed E-state index contributed by atoms with van der Waals surface area (Å²) in [4.78, 5) is 41.3. The molecule has 1 aliphatic heterocycles. The van der Waals surface area contributed by atoms with E-state index in [0.717, 1.165) is 24.0 Å². The highest BCUT2D eigenvalue weighted by molar-refractivity contribution is 6.04. The molecule has 0 saturated carbocycles. The highest BCUT2D eigenvalue weighted by atomic mass is 16.5. The number of anilines is 1. The lowest BCUT2D eigenvalue weighted by Crippen LogP contribution is -2.48. The van der Waals surface area contributed by atoms with Crippen LogP contribution in [0.4, 0.5) is 5.69 Å². The number of nitrogens with zero attached hydrogens (tertiary/aromatic N) is 1. The third-order valence-electron chi connectivity index (χ3n) is 6.18. The van der Waals surface area contributed by atoms with Crippen LogP contribution in [-0.2, 0) is 14.3 Å². The minimum Gasteiger partial charge on any atom is -0.459 e. The van der Waals surface area contributed by atoms with Crippen molar-refractivity contribution < 1.29 is 23.5 Å². The van der Waals surface area contributed by atoms with Crippen LogP contribution in [0.3, 0.4) is 0 Å². The Morgan fingerprint density at radius 3 is 2.50 bits per heavy atom. The monoisotopic (exact) mass is 489 g/mol. The molecule has 4 rings (SSSR count). The Hall–Kier alpha value is -3.91. The molecular formula is C28H31N3O5. The van der Waals surface area contributed by atoms with E-state index < -0.39 is 17.9 Å². The number of aryl methyl sites for hydroxylation is 2. The smallest absolute Gasteiger partial charge is 0.287 e. The molecule has 2 heterocycles. The van der Waals surface area contributed by atoms with Crippen molar-refractivity contribution in [3.63, 3.8) is 0 Å². The summed E-state index contributed by atoms with van der Waals surface area (Å²) in [5, 5.41) is 5.60. The molecule has 2 aromatic carbocycles. The number of carbonyl (C=O) groups is 3. The number of amides is 3. The van der Waals surface area contributed by atoms with E-state index in [1.807, 2.05) is 62.4 Å². The molecule has 1 fully saturated rings. The van der Waals surface area contributed by atoms with Crippen LogP contribution in [-0.4, -0.2) is 43.5 Å². The summed E-state index contributed by atoms with van der Waals surface area (Å²) >= 11 is 0. The quantitative estimate of drug-likeness (QED) is 0.477. The van der Waals surface area contributed by atoms with Crippen LogP contribution in [0.15, 0.2) is 71.3 Å². The van der Waals surface area contributed by atoms with Crippen molar-refractivity contribution in [2.45, 2.75) is 38.8 Å². The fourth-order valence-electron chi connectivity index (χ4n) is 4.40. The van der Waals surface area contributed by atoms with Gasteiger partial charge in [0.05, 0.1) is 18.9 Å². The number of furan rings is 1. The molecule has 0 spiro atoms. The average Bonchev–Trinajstić information content (AvgIpc) is 3.60. The van der Waals surface area contributed by atoms with Crippen molar-refractivity contribution in [1.29, 1.82) is 0 Å². The van der Waals surface area contributed by atoms with Crippen LogP contribution >= 0.6 is 0 Å². The third-order valence-corrected chi connectivity index (χ3v) is 6.18. The van der Waals surface area contributed by atoms with Crippen molar-refractivity contribution >= 4 is 23.4 Å². The number of rotatable bonds is 9. The van der Waals surface area contributed by atoms with Gasteiger partial charge in [0.25, 0.3) is 5.91 Å². The molecule has 1 saturated heterocycles. The van der Waals surface area contributed by atoms with Crippen molar-refractivity contribution in [2.24, 2.45) is 0 Å². The normalized spacial score (nSPS) is 15.8. The third kappa shape index (κ3) is 6.01. The number of hydrogen-bond acceptors (Lipinski definition) is 5. The van der Waals surface area contributed by atoms with Crippen LogP contribution < -0.4 is 15.5 Å². The first-order valence-electron chi connectivity index (χ1n) is 12.1. The summed E-state index contributed by atoms with van der Waals surface area (Å²) in [7, 11) is 0. The van der Waals surface area contributed by atoms with Crippen LogP contribution in [0, 0.1) is 13.8 Å². The van der Waals surface area contributed by atoms with E-state index in [2.05, 4.69) is 10.6 Å². The highest BCUT2D eigenvalue weighted by Crippen LogP contribution is 2.31. The van der Waals surface area contributed by atoms with Gasteiger partial charge in [-0.05, 0) is 56.0 Å². The van der Waals surface area contributed by atoms with Crippen molar-refractivity contribution in [3.8, 4) is 0 Å². The lowest BCUT2D eigenvalue weighted by Gasteiger charge is -2.33. The zero-order valence-corrected chi connectivity index (χ0v) is 20.5. The first-order valence-corrected chi connectivity index (χ1v) is 12.1. The molecule has 1 aliphatic rings. The predicted molar refractivity (Wildman–Crippen MR) is 136 cm³/mol. The minimum atomic E-state index is -0.943. The van der Waals surface area contributed by atoms with E-state index in [1.165, 1.54) is 17.2 Å². The molecule has 1 aromatic heterocycles. The summed E-state index contributed by atoms with van der Waals surface area (Å²) in [6.07, 6.45) is 3.20. The maximum absolute atomic E-state index is 13.7. The largest absolute Gasteiger partial charge is 0.459 e. The predicted octanol–water partition coefficient (Wildman–Crippen LogP) is 3.70. The van der Waals surface area contributed by atoms with Gasteiger partial charge in [0, 0.05) is 18.8 Å². The maximum atomic E-state index is 13.7. The molecule has 0 aliphatic carbocycles. The Labute approximate surface area is 210 Å². The van der Waals surface area contributed by atoms with E-state index >= 15 is 0 Å². The molecule has 8 nitrogen and oxygen atoms in total. The number of carbonyl (C=O) groups excluding carboxylic acids is 3. The number of hydrogen-bond donors (Lipinski definition) is 2. The lowest BCUT2D eigenvalue weighted by atomic mass is 10.0. The lowest BCUT2D eigenvalue weighted by molar-refractivity contribution is -0.126. The van der Waals surface area contributed by atoms with Crippen LogP contribution in [0.2, 0.25) is 0 Å². The fraction of sp³-hybridized carbons (Fsp3) is 0.321. The first kappa shape index (κ1) is 25.2. The Balaban J connectivity index is 1.66. The number of ether oxygens (including phenoxy) is 1. The Bertz CT molecular complexity index is 1190. The average molecular weight is 490 g/mol.